The summed E-state index contributed by atoms with van der Waals surface area (Å²) < 4.78 is 0. The zero-order valence-corrected chi connectivity index (χ0v) is 18.9. The van der Waals surface area contributed by atoms with E-state index in [1.54, 1.807) is 0 Å². The molecule has 4 aliphatic rings. The van der Waals surface area contributed by atoms with E-state index in [0.717, 1.165) is 29.5 Å². The van der Waals surface area contributed by atoms with Crippen molar-refractivity contribution in [2.75, 3.05) is 0 Å². The molecule has 1 heteroatoms. The maximum Gasteiger partial charge on any atom is 0.145 e. The molecule has 0 radical (unpaired) electrons. The maximum atomic E-state index is 13.4. The molecule has 0 aromatic carbocycles. The first kappa shape index (κ1) is 20.9. The molecule has 1 nitrogen and oxygen atoms in total. The van der Waals surface area contributed by atoms with Crippen LogP contribution >= 0.6 is 0 Å². The molecule has 0 amide bonds. The van der Waals surface area contributed by atoms with Crippen molar-refractivity contribution in [3.63, 3.8) is 0 Å². The summed E-state index contributed by atoms with van der Waals surface area (Å²) in [4.78, 5) is 13.4. The molecule has 4 fully saturated rings. The first-order valence-corrected chi connectivity index (χ1v) is 13.2. The number of carbonyl (C=O) groups is 1. The molecular weight excluding hydrogens is 340 g/mol. The van der Waals surface area contributed by atoms with Gasteiger partial charge in [0.2, 0.25) is 0 Å². The number of hydrogen-bond acceptors (Lipinski definition) is 1. The van der Waals surface area contributed by atoms with Gasteiger partial charge in [-0.2, -0.15) is 0 Å². The Hall–Kier alpha value is -0.330. The quantitative estimate of drug-likeness (QED) is 0.421. The highest BCUT2D eigenvalue weighted by molar-refractivity contribution is 5.96. The zero-order chi connectivity index (χ0) is 19.6. The number of Topliss-reactive ketones (excluding diaryl/α,β-unsaturated/α-hetero) is 1. The monoisotopic (exact) mass is 386 g/mol. The fourth-order valence-electron chi connectivity index (χ4n) is 8.01. The lowest BCUT2D eigenvalue weighted by atomic mass is 9.42. The molecule has 4 saturated carbocycles. The predicted octanol–water partition coefficient (Wildman–Crippen LogP) is 8.11. The average Bonchev–Trinajstić information content (AvgIpc) is 2.75. The van der Waals surface area contributed by atoms with Crippen molar-refractivity contribution in [2.24, 2.45) is 34.5 Å². The Balaban J connectivity index is 1.23. The van der Waals surface area contributed by atoms with Crippen LogP contribution in [0.25, 0.3) is 0 Å². The molecule has 0 heterocycles. The second kappa shape index (κ2) is 8.81. The molecule has 0 bridgehead atoms. The zero-order valence-electron chi connectivity index (χ0n) is 18.9. The standard InChI is InChI=1S/C27H46O/c1-3-5-6-7-22-12-16-26(17-13-22)20-27(25(26)28)18-14-24(15-19-27)23-10-8-21(4-2)9-11-23/h21-24H,3-20H2,1-2H3. The summed E-state index contributed by atoms with van der Waals surface area (Å²) >= 11 is 0. The molecule has 2 spiro atoms. The van der Waals surface area contributed by atoms with Crippen molar-refractivity contribution in [1.82, 2.24) is 0 Å². The van der Waals surface area contributed by atoms with E-state index in [-0.39, 0.29) is 10.8 Å². The summed E-state index contributed by atoms with van der Waals surface area (Å²) in [7, 11) is 0. The Morgan fingerprint density at radius 3 is 1.82 bits per heavy atom. The van der Waals surface area contributed by atoms with Gasteiger partial charge in [0.05, 0.1) is 0 Å². The first-order chi connectivity index (χ1) is 13.6. The molecule has 0 aliphatic heterocycles. The first-order valence-electron chi connectivity index (χ1n) is 13.2. The van der Waals surface area contributed by atoms with E-state index in [1.165, 1.54) is 116 Å². The van der Waals surface area contributed by atoms with Gasteiger partial charge in [0, 0.05) is 10.8 Å². The van der Waals surface area contributed by atoms with Crippen LogP contribution in [0.4, 0.5) is 0 Å². The Morgan fingerprint density at radius 1 is 0.714 bits per heavy atom. The smallest absolute Gasteiger partial charge is 0.145 e. The third kappa shape index (κ3) is 3.98. The molecule has 0 saturated heterocycles. The summed E-state index contributed by atoms with van der Waals surface area (Å²) in [6.07, 6.45) is 24.5. The van der Waals surface area contributed by atoms with Crippen LogP contribution < -0.4 is 0 Å². The van der Waals surface area contributed by atoms with Gasteiger partial charge in [-0.25, -0.2) is 0 Å². The number of hydrogen-bond donors (Lipinski definition) is 0. The van der Waals surface area contributed by atoms with Gasteiger partial charge in [-0.05, 0) is 94.3 Å². The van der Waals surface area contributed by atoms with E-state index in [1.807, 2.05) is 0 Å². The molecular formula is C27H46O. The molecule has 0 N–H and O–H groups in total. The number of carbonyl (C=O) groups excluding carboxylic acids is 1. The summed E-state index contributed by atoms with van der Waals surface area (Å²) in [5.74, 6) is 4.61. The SMILES string of the molecule is CCCCCC1CCC2(CC1)CC1(CCC(C3CCC(CC)CC3)CC1)C2=O. The number of ketones is 1. The van der Waals surface area contributed by atoms with Crippen LogP contribution in [-0.4, -0.2) is 5.78 Å². The second-order valence-corrected chi connectivity index (χ2v) is 11.5. The van der Waals surface area contributed by atoms with Crippen molar-refractivity contribution < 1.29 is 4.79 Å². The summed E-state index contributed by atoms with van der Waals surface area (Å²) in [5.41, 5.74) is 0.291. The van der Waals surface area contributed by atoms with E-state index in [9.17, 15) is 4.79 Å². The highest BCUT2D eigenvalue weighted by Gasteiger charge is 2.63. The molecule has 0 unspecified atom stereocenters. The topological polar surface area (TPSA) is 17.1 Å². The van der Waals surface area contributed by atoms with Gasteiger partial charge >= 0.3 is 0 Å². The summed E-state index contributed by atoms with van der Waals surface area (Å²) in [6, 6.07) is 0. The minimum absolute atomic E-state index is 0.145. The highest BCUT2D eigenvalue weighted by atomic mass is 16.1. The third-order valence-corrected chi connectivity index (χ3v) is 10.0. The van der Waals surface area contributed by atoms with Gasteiger partial charge in [-0.1, -0.05) is 58.8 Å². The maximum absolute atomic E-state index is 13.4. The Labute approximate surface area is 174 Å². The van der Waals surface area contributed by atoms with E-state index in [0.29, 0.717) is 0 Å². The normalized spacial score (nSPS) is 44.0. The molecule has 4 aliphatic carbocycles. The highest BCUT2D eigenvalue weighted by Crippen LogP contribution is 2.64. The van der Waals surface area contributed by atoms with Crippen molar-refractivity contribution in [3.05, 3.63) is 0 Å². The molecule has 4 rings (SSSR count). The minimum atomic E-state index is 0.145. The number of rotatable bonds is 6. The van der Waals surface area contributed by atoms with E-state index in [2.05, 4.69) is 13.8 Å². The summed E-state index contributed by atoms with van der Waals surface area (Å²) in [5, 5.41) is 0. The molecule has 0 aromatic heterocycles. The predicted molar refractivity (Wildman–Crippen MR) is 118 cm³/mol. The lowest BCUT2D eigenvalue weighted by Crippen LogP contribution is -2.59. The van der Waals surface area contributed by atoms with E-state index >= 15 is 0 Å². The minimum Gasteiger partial charge on any atom is -0.298 e. The molecule has 0 atom stereocenters. The van der Waals surface area contributed by atoms with Crippen LogP contribution in [0, 0.1) is 34.5 Å². The van der Waals surface area contributed by atoms with Crippen molar-refractivity contribution in [1.29, 1.82) is 0 Å². The molecule has 28 heavy (non-hydrogen) atoms. The van der Waals surface area contributed by atoms with Crippen LogP contribution in [-0.2, 0) is 4.79 Å². The van der Waals surface area contributed by atoms with Gasteiger partial charge < -0.3 is 0 Å². The van der Waals surface area contributed by atoms with Gasteiger partial charge in [-0.3, -0.25) is 4.79 Å². The Kier molecular flexibility index (Phi) is 6.58. The number of unbranched alkanes of at least 4 members (excludes halogenated alkanes) is 2. The van der Waals surface area contributed by atoms with Crippen LogP contribution in [0.1, 0.15) is 129 Å². The Bertz CT molecular complexity index is 510. The molecule has 0 aromatic rings. The fraction of sp³-hybridized carbons (Fsp3) is 0.963. The summed E-state index contributed by atoms with van der Waals surface area (Å²) in [6.45, 7) is 4.67. The second-order valence-electron chi connectivity index (χ2n) is 11.5. The van der Waals surface area contributed by atoms with Gasteiger partial charge in [0.15, 0.2) is 0 Å². The van der Waals surface area contributed by atoms with Crippen LogP contribution in [0.3, 0.4) is 0 Å². The lowest BCUT2D eigenvalue weighted by Gasteiger charge is -2.59. The average molecular weight is 387 g/mol. The van der Waals surface area contributed by atoms with E-state index in [4.69, 9.17) is 0 Å². The van der Waals surface area contributed by atoms with Crippen LogP contribution in [0.15, 0.2) is 0 Å². The van der Waals surface area contributed by atoms with Crippen molar-refractivity contribution in [2.45, 2.75) is 129 Å². The van der Waals surface area contributed by atoms with E-state index < -0.39 is 0 Å². The lowest BCUT2D eigenvalue weighted by molar-refractivity contribution is -0.169. The van der Waals surface area contributed by atoms with Crippen molar-refractivity contribution in [3.8, 4) is 0 Å². The van der Waals surface area contributed by atoms with Crippen LogP contribution in [0.5, 0.6) is 0 Å². The largest absolute Gasteiger partial charge is 0.298 e. The van der Waals surface area contributed by atoms with Crippen molar-refractivity contribution >= 4 is 5.78 Å². The molecule has 160 valence electrons. The van der Waals surface area contributed by atoms with Gasteiger partial charge in [0.1, 0.15) is 5.78 Å². The van der Waals surface area contributed by atoms with Gasteiger partial charge in [0.25, 0.3) is 0 Å². The third-order valence-electron chi connectivity index (χ3n) is 10.0. The fourth-order valence-corrected chi connectivity index (χ4v) is 8.01. The van der Waals surface area contributed by atoms with Crippen LogP contribution in [0.2, 0.25) is 0 Å². The van der Waals surface area contributed by atoms with Gasteiger partial charge in [-0.15, -0.1) is 0 Å². The Morgan fingerprint density at radius 2 is 1.29 bits per heavy atom.